The largest absolute Gasteiger partial charge is 0.371 e. The highest BCUT2D eigenvalue weighted by Gasteiger charge is 2.34. The number of rotatable bonds is 4. The number of hydrogen-bond acceptors (Lipinski definition) is 5. The van der Waals surface area contributed by atoms with Gasteiger partial charge in [0.1, 0.15) is 6.10 Å². The van der Waals surface area contributed by atoms with Gasteiger partial charge in [-0.25, -0.2) is 0 Å². The van der Waals surface area contributed by atoms with E-state index in [9.17, 15) is 0 Å². The van der Waals surface area contributed by atoms with Crippen molar-refractivity contribution in [2.24, 2.45) is 0 Å². The Bertz CT molecular complexity index is 358. The van der Waals surface area contributed by atoms with Crippen molar-refractivity contribution < 1.29 is 9.26 Å². The molecule has 17 heavy (non-hydrogen) atoms. The first-order valence-electron chi connectivity index (χ1n) is 6.32. The molecule has 0 spiro atoms. The number of nitrogens with zero attached hydrogens (tertiary/aromatic N) is 2. The Kier molecular flexibility index (Phi) is 3.79. The minimum atomic E-state index is -0.0946. The van der Waals surface area contributed by atoms with E-state index in [0.29, 0.717) is 12.4 Å². The monoisotopic (exact) mass is 239 g/mol. The zero-order valence-corrected chi connectivity index (χ0v) is 10.8. The number of piperidine rings is 1. The van der Waals surface area contributed by atoms with Crippen LogP contribution in [0.2, 0.25) is 0 Å². The Morgan fingerprint density at radius 3 is 2.82 bits per heavy atom. The second kappa shape index (κ2) is 5.14. The summed E-state index contributed by atoms with van der Waals surface area (Å²) in [5, 5.41) is 7.37. The van der Waals surface area contributed by atoms with Gasteiger partial charge in [0.2, 0.25) is 5.89 Å². The maximum Gasteiger partial charge on any atom is 0.232 e. The molecular formula is C12H21N3O2. The molecule has 1 aliphatic heterocycles. The van der Waals surface area contributed by atoms with Crippen LogP contribution in [0.4, 0.5) is 0 Å². The molecule has 1 saturated heterocycles. The molecular weight excluding hydrogens is 218 g/mol. The molecule has 0 aromatic carbocycles. The predicted octanol–water partition coefficient (Wildman–Crippen LogP) is 1.81. The lowest BCUT2D eigenvalue weighted by Gasteiger charge is -2.30. The molecule has 5 nitrogen and oxygen atoms in total. The van der Waals surface area contributed by atoms with Crippen molar-refractivity contribution >= 4 is 0 Å². The molecule has 2 heterocycles. The van der Waals surface area contributed by atoms with Crippen LogP contribution >= 0.6 is 0 Å². The highest BCUT2D eigenvalue weighted by Crippen LogP contribution is 2.32. The van der Waals surface area contributed by atoms with Gasteiger partial charge in [-0.05, 0) is 39.8 Å². The molecule has 1 aliphatic rings. The molecule has 0 saturated carbocycles. The highest BCUT2D eigenvalue weighted by molar-refractivity contribution is 5.06. The van der Waals surface area contributed by atoms with Gasteiger partial charge < -0.3 is 14.6 Å². The first-order valence-corrected chi connectivity index (χ1v) is 6.32. The Morgan fingerprint density at radius 1 is 1.47 bits per heavy atom. The second-order valence-corrected chi connectivity index (χ2v) is 4.87. The SMILES string of the molecule is CCOC(C)c1noc(C2(C)CCNCC2)n1. The lowest BCUT2D eigenvalue weighted by molar-refractivity contribution is 0.0683. The molecule has 96 valence electrons. The summed E-state index contributed by atoms with van der Waals surface area (Å²) in [4.78, 5) is 4.49. The van der Waals surface area contributed by atoms with Crippen LogP contribution in [-0.4, -0.2) is 29.8 Å². The van der Waals surface area contributed by atoms with Gasteiger partial charge in [-0.1, -0.05) is 12.1 Å². The fourth-order valence-electron chi connectivity index (χ4n) is 2.16. The molecule has 1 fully saturated rings. The predicted molar refractivity (Wildman–Crippen MR) is 63.8 cm³/mol. The normalized spacial score (nSPS) is 21.4. The quantitative estimate of drug-likeness (QED) is 0.868. The Balaban J connectivity index is 2.11. The fraction of sp³-hybridized carbons (Fsp3) is 0.833. The third kappa shape index (κ3) is 2.66. The second-order valence-electron chi connectivity index (χ2n) is 4.87. The van der Waals surface area contributed by atoms with Crippen molar-refractivity contribution in [1.29, 1.82) is 0 Å². The van der Waals surface area contributed by atoms with Crippen LogP contribution in [0, 0.1) is 0 Å². The average Bonchev–Trinajstić information content (AvgIpc) is 2.80. The summed E-state index contributed by atoms with van der Waals surface area (Å²) in [5.74, 6) is 1.40. The van der Waals surface area contributed by atoms with Gasteiger partial charge in [0.15, 0.2) is 5.82 Å². The fourth-order valence-corrected chi connectivity index (χ4v) is 2.16. The zero-order valence-electron chi connectivity index (χ0n) is 10.8. The third-order valence-electron chi connectivity index (χ3n) is 3.45. The molecule has 1 aromatic rings. The molecule has 2 rings (SSSR count). The van der Waals surface area contributed by atoms with Gasteiger partial charge in [-0.3, -0.25) is 0 Å². The summed E-state index contributed by atoms with van der Waals surface area (Å²) in [7, 11) is 0. The van der Waals surface area contributed by atoms with E-state index >= 15 is 0 Å². The highest BCUT2D eigenvalue weighted by atomic mass is 16.5. The van der Waals surface area contributed by atoms with E-state index in [-0.39, 0.29) is 11.5 Å². The number of ether oxygens (including phenoxy) is 1. The van der Waals surface area contributed by atoms with Gasteiger partial charge in [0.05, 0.1) is 0 Å². The Morgan fingerprint density at radius 2 is 2.18 bits per heavy atom. The van der Waals surface area contributed by atoms with Crippen LogP contribution in [0.15, 0.2) is 4.52 Å². The molecule has 1 N–H and O–H groups in total. The lowest BCUT2D eigenvalue weighted by atomic mass is 9.81. The Labute approximate surface area is 102 Å². The van der Waals surface area contributed by atoms with E-state index in [0.717, 1.165) is 31.8 Å². The molecule has 0 radical (unpaired) electrons. The zero-order chi connectivity index (χ0) is 12.3. The summed E-state index contributed by atoms with van der Waals surface area (Å²) in [6.07, 6.45) is 1.98. The van der Waals surface area contributed by atoms with Crippen LogP contribution in [0.1, 0.15) is 51.4 Å². The van der Waals surface area contributed by atoms with Crippen molar-refractivity contribution in [3.05, 3.63) is 11.7 Å². The lowest BCUT2D eigenvalue weighted by Crippen LogP contribution is -2.37. The first kappa shape index (κ1) is 12.5. The number of nitrogens with one attached hydrogen (secondary N) is 1. The standard InChI is InChI=1S/C12H21N3O2/c1-4-16-9(2)10-14-11(17-15-10)12(3)5-7-13-8-6-12/h9,13H,4-8H2,1-3H3. The van der Waals surface area contributed by atoms with E-state index in [1.165, 1.54) is 0 Å². The van der Waals surface area contributed by atoms with Crippen LogP contribution < -0.4 is 5.32 Å². The van der Waals surface area contributed by atoms with E-state index in [1.54, 1.807) is 0 Å². The van der Waals surface area contributed by atoms with E-state index in [1.807, 2.05) is 13.8 Å². The molecule has 5 heteroatoms. The van der Waals surface area contributed by atoms with Crippen molar-refractivity contribution in [2.45, 2.75) is 45.1 Å². The maximum absolute atomic E-state index is 5.46. The third-order valence-corrected chi connectivity index (χ3v) is 3.45. The molecule has 0 amide bonds. The molecule has 0 aliphatic carbocycles. The van der Waals surface area contributed by atoms with E-state index in [4.69, 9.17) is 9.26 Å². The minimum Gasteiger partial charge on any atom is -0.371 e. The summed E-state index contributed by atoms with van der Waals surface area (Å²) >= 11 is 0. The smallest absolute Gasteiger partial charge is 0.232 e. The van der Waals surface area contributed by atoms with Crippen molar-refractivity contribution in [3.8, 4) is 0 Å². The Hall–Kier alpha value is -0.940. The first-order chi connectivity index (χ1) is 8.15. The van der Waals surface area contributed by atoms with Gasteiger partial charge in [-0.15, -0.1) is 0 Å². The van der Waals surface area contributed by atoms with Crippen LogP contribution in [-0.2, 0) is 10.2 Å². The van der Waals surface area contributed by atoms with E-state index < -0.39 is 0 Å². The summed E-state index contributed by atoms with van der Waals surface area (Å²) in [5.41, 5.74) is 0.0163. The summed E-state index contributed by atoms with van der Waals surface area (Å²) in [6.45, 7) is 8.78. The van der Waals surface area contributed by atoms with Gasteiger partial charge in [0, 0.05) is 12.0 Å². The average molecular weight is 239 g/mol. The topological polar surface area (TPSA) is 60.2 Å². The van der Waals surface area contributed by atoms with Crippen LogP contribution in [0.25, 0.3) is 0 Å². The van der Waals surface area contributed by atoms with Crippen LogP contribution in [0.3, 0.4) is 0 Å². The molecule has 0 bridgehead atoms. The number of hydrogen-bond donors (Lipinski definition) is 1. The van der Waals surface area contributed by atoms with Gasteiger partial charge in [-0.2, -0.15) is 4.98 Å². The van der Waals surface area contributed by atoms with Crippen LogP contribution in [0.5, 0.6) is 0 Å². The summed E-state index contributed by atoms with van der Waals surface area (Å²) < 4.78 is 10.9. The maximum atomic E-state index is 5.46. The number of aromatic nitrogens is 2. The molecule has 1 unspecified atom stereocenters. The van der Waals surface area contributed by atoms with Crippen molar-refractivity contribution in [1.82, 2.24) is 15.5 Å². The summed E-state index contributed by atoms with van der Waals surface area (Å²) in [6, 6.07) is 0. The van der Waals surface area contributed by atoms with Crippen molar-refractivity contribution in [2.75, 3.05) is 19.7 Å². The van der Waals surface area contributed by atoms with Gasteiger partial charge >= 0.3 is 0 Å². The van der Waals surface area contributed by atoms with E-state index in [2.05, 4.69) is 22.4 Å². The van der Waals surface area contributed by atoms with Gasteiger partial charge in [0.25, 0.3) is 0 Å². The van der Waals surface area contributed by atoms with Crippen molar-refractivity contribution in [3.63, 3.8) is 0 Å². The molecule has 1 aromatic heterocycles. The molecule has 1 atom stereocenters. The minimum absolute atomic E-state index is 0.0163.